The summed E-state index contributed by atoms with van der Waals surface area (Å²) in [6.45, 7) is 1.84. The maximum Gasteiger partial charge on any atom is 0.258 e. The summed E-state index contributed by atoms with van der Waals surface area (Å²) in [7, 11) is 0. The molecule has 0 aliphatic carbocycles. The van der Waals surface area contributed by atoms with Crippen LogP contribution in [0.4, 0.5) is 5.82 Å². The van der Waals surface area contributed by atoms with Gasteiger partial charge in [-0.15, -0.1) is 0 Å². The molecule has 0 bridgehead atoms. The van der Waals surface area contributed by atoms with Gasteiger partial charge in [0.05, 0.1) is 11.9 Å². The molecule has 0 fully saturated rings. The molecule has 24 heavy (non-hydrogen) atoms. The van der Waals surface area contributed by atoms with Crippen LogP contribution in [0.15, 0.2) is 54.7 Å². The first kappa shape index (κ1) is 16.6. The first-order valence-corrected chi connectivity index (χ1v) is 8.10. The van der Waals surface area contributed by atoms with Gasteiger partial charge in [0, 0.05) is 21.2 Å². The minimum absolute atomic E-state index is 0.213. The summed E-state index contributed by atoms with van der Waals surface area (Å²) in [6.07, 6.45) is 1.19. The largest absolute Gasteiger partial charge is 0.467 e. The number of nitrogens with two attached hydrogens (primary N) is 1. The van der Waals surface area contributed by atoms with Gasteiger partial charge in [0.15, 0.2) is 5.82 Å². The van der Waals surface area contributed by atoms with E-state index >= 15 is 0 Å². The molecular weight excluding hydrogens is 345 g/mol. The van der Waals surface area contributed by atoms with Crippen molar-refractivity contribution in [1.82, 2.24) is 9.97 Å². The average molecular weight is 360 g/mol. The molecule has 0 aliphatic heterocycles. The van der Waals surface area contributed by atoms with E-state index in [0.29, 0.717) is 21.3 Å². The fourth-order valence-corrected chi connectivity index (χ4v) is 3.05. The van der Waals surface area contributed by atoms with Crippen molar-refractivity contribution >= 4 is 29.0 Å². The molecule has 3 aromatic rings. The Labute approximate surface area is 150 Å². The van der Waals surface area contributed by atoms with E-state index in [9.17, 15) is 0 Å². The summed E-state index contributed by atoms with van der Waals surface area (Å²) in [5.74, 6) is 0.463. The maximum atomic E-state index is 6.23. The van der Waals surface area contributed by atoms with Crippen LogP contribution in [0.2, 0.25) is 10.0 Å². The minimum atomic E-state index is -0.422. The molecule has 3 rings (SSSR count). The highest BCUT2D eigenvalue weighted by Crippen LogP contribution is 2.34. The third-order valence-electron chi connectivity index (χ3n) is 3.53. The van der Waals surface area contributed by atoms with Crippen LogP contribution in [-0.2, 0) is 0 Å². The number of hydrogen-bond acceptors (Lipinski definition) is 4. The van der Waals surface area contributed by atoms with Gasteiger partial charge in [0.25, 0.3) is 5.88 Å². The molecule has 2 N–H and O–H groups in total. The highest BCUT2D eigenvalue weighted by Gasteiger charge is 2.18. The molecule has 1 heterocycles. The van der Waals surface area contributed by atoms with Crippen molar-refractivity contribution in [2.75, 3.05) is 5.73 Å². The maximum absolute atomic E-state index is 6.23. The molecule has 2 aromatic carbocycles. The predicted molar refractivity (Wildman–Crippen MR) is 97.4 cm³/mol. The number of halogens is 2. The zero-order valence-electron chi connectivity index (χ0n) is 12.9. The molecule has 122 valence electrons. The number of anilines is 1. The number of benzene rings is 2. The first-order chi connectivity index (χ1) is 11.6. The zero-order chi connectivity index (χ0) is 17.1. The molecule has 6 heteroatoms. The van der Waals surface area contributed by atoms with Crippen LogP contribution in [0.1, 0.15) is 18.6 Å². The molecule has 0 radical (unpaired) electrons. The van der Waals surface area contributed by atoms with Gasteiger partial charge in [0.1, 0.15) is 6.10 Å². The lowest BCUT2D eigenvalue weighted by atomic mass is 10.1. The number of aromatic nitrogens is 2. The van der Waals surface area contributed by atoms with Crippen molar-refractivity contribution in [1.29, 1.82) is 0 Å². The van der Waals surface area contributed by atoms with Crippen molar-refractivity contribution in [3.8, 4) is 17.1 Å². The number of nitrogen functional groups attached to an aromatic ring is 1. The van der Waals surface area contributed by atoms with E-state index in [1.165, 1.54) is 0 Å². The number of ether oxygens (including phenoxy) is 1. The SMILES string of the molecule is CC(Oc1nc(-c2ccccc2)cnc1N)c1c(Cl)cccc1Cl. The van der Waals surface area contributed by atoms with Crippen molar-refractivity contribution in [2.24, 2.45) is 0 Å². The van der Waals surface area contributed by atoms with Gasteiger partial charge in [-0.05, 0) is 19.1 Å². The summed E-state index contributed by atoms with van der Waals surface area (Å²) < 4.78 is 5.89. The summed E-state index contributed by atoms with van der Waals surface area (Å²) in [5.41, 5.74) is 8.20. The highest BCUT2D eigenvalue weighted by atomic mass is 35.5. The fraction of sp³-hybridized carbons (Fsp3) is 0.111. The predicted octanol–water partition coefficient (Wildman–Crippen LogP) is 5.17. The van der Waals surface area contributed by atoms with Gasteiger partial charge >= 0.3 is 0 Å². The number of rotatable bonds is 4. The highest BCUT2D eigenvalue weighted by molar-refractivity contribution is 6.36. The number of hydrogen-bond donors (Lipinski definition) is 1. The Morgan fingerprint density at radius 2 is 1.67 bits per heavy atom. The van der Waals surface area contributed by atoms with E-state index < -0.39 is 6.10 Å². The third kappa shape index (κ3) is 3.45. The van der Waals surface area contributed by atoms with Crippen LogP contribution in [0.3, 0.4) is 0 Å². The summed E-state index contributed by atoms with van der Waals surface area (Å²) in [4.78, 5) is 8.64. The lowest BCUT2D eigenvalue weighted by Gasteiger charge is -2.18. The molecule has 0 saturated heterocycles. The lowest BCUT2D eigenvalue weighted by Crippen LogP contribution is -2.09. The smallest absolute Gasteiger partial charge is 0.258 e. The topological polar surface area (TPSA) is 61.0 Å². The average Bonchev–Trinajstić information content (AvgIpc) is 2.57. The lowest BCUT2D eigenvalue weighted by molar-refractivity contribution is 0.218. The van der Waals surface area contributed by atoms with Gasteiger partial charge in [-0.25, -0.2) is 9.97 Å². The molecular formula is C18H15Cl2N3O. The quantitative estimate of drug-likeness (QED) is 0.697. The molecule has 1 atom stereocenters. The van der Waals surface area contributed by atoms with E-state index in [1.807, 2.05) is 37.3 Å². The fourth-order valence-electron chi connectivity index (χ4n) is 2.34. The molecule has 1 unspecified atom stereocenters. The van der Waals surface area contributed by atoms with Crippen molar-refractivity contribution in [3.05, 3.63) is 70.3 Å². The van der Waals surface area contributed by atoms with Gasteiger partial charge in [-0.2, -0.15) is 0 Å². The Morgan fingerprint density at radius 3 is 2.33 bits per heavy atom. The summed E-state index contributed by atoms with van der Waals surface area (Å²) >= 11 is 12.5. The second kappa shape index (κ2) is 7.07. The van der Waals surface area contributed by atoms with E-state index in [-0.39, 0.29) is 11.7 Å². The van der Waals surface area contributed by atoms with Gasteiger partial charge < -0.3 is 10.5 Å². The van der Waals surface area contributed by atoms with Crippen molar-refractivity contribution in [2.45, 2.75) is 13.0 Å². The molecule has 0 spiro atoms. The Morgan fingerprint density at radius 1 is 1.00 bits per heavy atom. The summed E-state index contributed by atoms with van der Waals surface area (Å²) in [5, 5.41) is 1.06. The molecule has 4 nitrogen and oxygen atoms in total. The van der Waals surface area contributed by atoms with Gasteiger partial charge in [-0.1, -0.05) is 59.6 Å². The van der Waals surface area contributed by atoms with E-state index in [2.05, 4.69) is 9.97 Å². The third-order valence-corrected chi connectivity index (χ3v) is 4.19. The normalized spacial score (nSPS) is 12.0. The van der Waals surface area contributed by atoms with Crippen LogP contribution < -0.4 is 10.5 Å². The Hall–Kier alpha value is -2.30. The second-order valence-electron chi connectivity index (χ2n) is 5.21. The van der Waals surface area contributed by atoms with E-state index in [1.54, 1.807) is 24.4 Å². The van der Waals surface area contributed by atoms with Crippen molar-refractivity contribution < 1.29 is 4.74 Å². The monoisotopic (exact) mass is 359 g/mol. The van der Waals surface area contributed by atoms with Crippen molar-refractivity contribution in [3.63, 3.8) is 0 Å². The standard InChI is InChI=1S/C18H15Cl2N3O/c1-11(16-13(19)8-5-9-14(16)20)24-18-17(21)22-10-15(23-18)12-6-3-2-4-7-12/h2-11H,1H3,(H2,21,22). The Balaban J connectivity index is 1.92. The molecule has 0 aliphatic rings. The summed E-state index contributed by atoms with van der Waals surface area (Å²) in [6, 6.07) is 15.0. The van der Waals surface area contributed by atoms with Gasteiger partial charge in [-0.3, -0.25) is 0 Å². The minimum Gasteiger partial charge on any atom is -0.467 e. The van der Waals surface area contributed by atoms with E-state index in [0.717, 1.165) is 5.56 Å². The zero-order valence-corrected chi connectivity index (χ0v) is 14.4. The van der Waals surface area contributed by atoms with Crippen LogP contribution in [0, 0.1) is 0 Å². The van der Waals surface area contributed by atoms with E-state index in [4.69, 9.17) is 33.7 Å². The first-order valence-electron chi connectivity index (χ1n) is 7.34. The van der Waals surface area contributed by atoms with Crippen LogP contribution >= 0.6 is 23.2 Å². The van der Waals surface area contributed by atoms with Crippen LogP contribution in [0.25, 0.3) is 11.3 Å². The van der Waals surface area contributed by atoms with Crippen LogP contribution in [0.5, 0.6) is 5.88 Å². The molecule has 0 amide bonds. The Bertz CT molecular complexity index is 836. The molecule has 0 saturated carbocycles. The number of nitrogens with zero attached hydrogens (tertiary/aromatic N) is 2. The second-order valence-corrected chi connectivity index (χ2v) is 6.02. The van der Waals surface area contributed by atoms with Gasteiger partial charge in [0.2, 0.25) is 0 Å². The van der Waals surface area contributed by atoms with Crippen LogP contribution in [-0.4, -0.2) is 9.97 Å². The molecule has 1 aromatic heterocycles. The Kier molecular flexibility index (Phi) is 4.88.